The SMILES string of the molecule is NCCOc1ccccc1N1CCCCC1=O. The molecule has 1 aromatic carbocycles. The van der Waals surface area contributed by atoms with Crippen molar-refractivity contribution in [1.82, 2.24) is 0 Å². The molecule has 1 aliphatic rings. The van der Waals surface area contributed by atoms with Gasteiger partial charge in [0.2, 0.25) is 5.91 Å². The van der Waals surface area contributed by atoms with Gasteiger partial charge in [0.05, 0.1) is 5.69 Å². The summed E-state index contributed by atoms with van der Waals surface area (Å²) < 4.78 is 5.57. The van der Waals surface area contributed by atoms with Crippen molar-refractivity contribution in [3.05, 3.63) is 24.3 Å². The zero-order chi connectivity index (χ0) is 12.1. The molecule has 2 N–H and O–H groups in total. The number of benzene rings is 1. The first-order chi connectivity index (χ1) is 8.33. The van der Waals surface area contributed by atoms with Gasteiger partial charge in [0.1, 0.15) is 12.4 Å². The Morgan fingerprint density at radius 2 is 2.12 bits per heavy atom. The van der Waals surface area contributed by atoms with Crippen LogP contribution in [-0.4, -0.2) is 25.6 Å². The number of para-hydroxylation sites is 2. The van der Waals surface area contributed by atoms with Crippen LogP contribution in [-0.2, 0) is 4.79 Å². The van der Waals surface area contributed by atoms with E-state index in [0.717, 1.165) is 30.8 Å². The van der Waals surface area contributed by atoms with Gasteiger partial charge in [0, 0.05) is 19.5 Å². The van der Waals surface area contributed by atoms with Crippen LogP contribution in [0.3, 0.4) is 0 Å². The van der Waals surface area contributed by atoms with E-state index in [-0.39, 0.29) is 5.91 Å². The minimum atomic E-state index is 0.181. The van der Waals surface area contributed by atoms with Crippen molar-refractivity contribution in [3.63, 3.8) is 0 Å². The van der Waals surface area contributed by atoms with E-state index in [9.17, 15) is 4.79 Å². The van der Waals surface area contributed by atoms with Crippen molar-refractivity contribution < 1.29 is 9.53 Å². The second-order valence-electron chi connectivity index (χ2n) is 4.11. The summed E-state index contributed by atoms with van der Waals surface area (Å²) in [6.07, 6.45) is 2.67. The average molecular weight is 234 g/mol. The van der Waals surface area contributed by atoms with Crippen molar-refractivity contribution in [2.24, 2.45) is 5.73 Å². The molecule has 0 aromatic heterocycles. The van der Waals surface area contributed by atoms with Gasteiger partial charge >= 0.3 is 0 Å². The van der Waals surface area contributed by atoms with Crippen LogP contribution in [0.5, 0.6) is 5.75 Å². The van der Waals surface area contributed by atoms with Gasteiger partial charge in [-0.25, -0.2) is 0 Å². The molecule has 0 spiro atoms. The summed E-state index contributed by atoms with van der Waals surface area (Å²) in [5.74, 6) is 0.924. The van der Waals surface area contributed by atoms with E-state index in [4.69, 9.17) is 10.5 Å². The monoisotopic (exact) mass is 234 g/mol. The summed E-state index contributed by atoms with van der Waals surface area (Å²) in [7, 11) is 0. The lowest BCUT2D eigenvalue weighted by Crippen LogP contribution is -2.35. The van der Waals surface area contributed by atoms with Gasteiger partial charge in [-0.3, -0.25) is 4.79 Å². The maximum atomic E-state index is 11.9. The Hall–Kier alpha value is -1.55. The number of amides is 1. The van der Waals surface area contributed by atoms with E-state index in [1.165, 1.54) is 0 Å². The highest BCUT2D eigenvalue weighted by atomic mass is 16.5. The lowest BCUT2D eigenvalue weighted by molar-refractivity contribution is -0.119. The van der Waals surface area contributed by atoms with Crippen LogP contribution in [0.1, 0.15) is 19.3 Å². The van der Waals surface area contributed by atoms with Gasteiger partial charge in [-0.15, -0.1) is 0 Å². The van der Waals surface area contributed by atoms with Crippen molar-refractivity contribution >= 4 is 11.6 Å². The summed E-state index contributed by atoms with van der Waals surface area (Å²) in [6, 6.07) is 7.64. The molecule has 0 bridgehead atoms. The molecule has 1 fully saturated rings. The summed E-state index contributed by atoms with van der Waals surface area (Å²) >= 11 is 0. The Morgan fingerprint density at radius 1 is 1.29 bits per heavy atom. The molecule has 17 heavy (non-hydrogen) atoms. The van der Waals surface area contributed by atoms with Gasteiger partial charge in [0.15, 0.2) is 0 Å². The molecule has 4 nitrogen and oxygen atoms in total. The van der Waals surface area contributed by atoms with E-state index in [1.54, 1.807) is 0 Å². The number of carbonyl (C=O) groups excluding carboxylic acids is 1. The second-order valence-corrected chi connectivity index (χ2v) is 4.11. The molecule has 1 aliphatic heterocycles. The molecular weight excluding hydrogens is 216 g/mol. The normalized spacial score (nSPS) is 16.1. The number of ether oxygens (including phenoxy) is 1. The highest BCUT2D eigenvalue weighted by Gasteiger charge is 2.22. The molecule has 0 radical (unpaired) electrons. The van der Waals surface area contributed by atoms with E-state index >= 15 is 0 Å². The number of nitrogens with two attached hydrogens (primary N) is 1. The third-order valence-corrected chi connectivity index (χ3v) is 2.85. The molecule has 1 heterocycles. The number of hydrogen-bond donors (Lipinski definition) is 1. The third-order valence-electron chi connectivity index (χ3n) is 2.85. The number of anilines is 1. The van der Waals surface area contributed by atoms with E-state index < -0.39 is 0 Å². The minimum absolute atomic E-state index is 0.181. The fraction of sp³-hybridized carbons (Fsp3) is 0.462. The molecule has 92 valence electrons. The predicted octanol–water partition coefficient (Wildman–Crippen LogP) is 1.54. The van der Waals surface area contributed by atoms with Crippen molar-refractivity contribution in [1.29, 1.82) is 0 Å². The van der Waals surface area contributed by atoms with Gasteiger partial charge in [0.25, 0.3) is 0 Å². The topological polar surface area (TPSA) is 55.6 Å². The Labute approximate surface area is 101 Å². The summed E-state index contributed by atoms with van der Waals surface area (Å²) in [6.45, 7) is 1.73. The van der Waals surface area contributed by atoms with E-state index in [0.29, 0.717) is 19.6 Å². The van der Waals surface area contributed by atoms with Crippen LogP contribution in [0.25, 0.3) is 0 Å². The van der Waals surface area contributed by atoms with Crippen LogP contribution in [0.15, 0.2) is 24.3 Å². The number of carbonyl (C=O) groups is 1. The molecule has 1 aromatic rings. The first kappa shape index (κ1) is 11.9. The zero-order valence-electron chi connectivity index (χ0n) is 9.89. The molecule has 0 aliphatic carbocycles. The molecule has 4 heteroatoms. The molecule has 2 rings (SSSR count). The summed E-state index contributed by atoms with van der Waals surface area (Å²) in [5, 5.41) is 0. The van der Waals surface area contributed by atoms with E-state index in [1.807, 2.05) is 29.2 Å². The fourth-order valence-corrected chi connectivity index (χ4v) is 2.03. The van der Waals surface area contributed by atoms with Gasteiger partial charge in [-0.1, -0.05) is 12.1 Å². The number of rotatable bonds is 4. The first-order valence-electron chi connectivity index (χ1n) is 6.05. The van der Waals surface area contributed by atoms with Crippen LogP contribution >= 0.6 is 0 Å². The van der Waals surface area contributed by atoms with Gasteiger partial charge < -0.3 is 15.4 Å². The van der Waals surface area contributed by atoms with E-state index in [2.05, 4.69) is 0 Å². The summed E-state index contributed by atoms with van der Waals surface area (Å²) in [4.78, 5) is 13.7. The quantitative estimate of drug-likeness (QED) is 0.859. The van der Waals surface area contributed by atoms with Crippen molar-refractivity contribution in [2.75, 3.05) is 24.6 Å². The Morgan fingerprint density at radius 3 is 2.88 bits per heavy atom. The maximum Gasteiger partial charge on any atom is 0.227 e. The maximum absolute atomic E-state index is 11.9. The van der Waals surface area contributed by atoms with Gasteiger partial charge in [-0.05, 0) is 25.0 Å². The summed E-state index contributed by atoms with van der Waals surface area (Å²) in [5.41, 5.74) is 6.29. The van der Waals surface area contributed by atoms with Crippen molar-refractivity contribution in [2.45, 2.75) is 19.3 Å². The highest BCUT2D eigenvalue weighted by molar-refractivity contribution is 5.95. The lowest BCUT2D eigenvalue weighted by Gasteiger charge is -2.28. The second kappa shape index (κ2) is 5.68. The smallest absolute Gasteiger partial charge is 0.227 e. The highest BCUT2D eigenvalue weighted by Crippen LogP contribution is 2.30. The van der Waals surface area contributed by atoms with Crippen molar-refractivity contribution in [3.8, 4) is 5.75 Å². The minimum Gasteiger partial charge on any atom is -0.490 e. The number of piperidine rings is 1. The fourth-order valence-electron chi connectivity index (χ4n) is 2.03. The third kappa shape index (κ3) is 2.77. The molecule has 0 atom stereocenters. The molecule has 0 unspecified atom stereocenters. The predicted molar refractivity (Wildman–Crippen MR) is 67.2 cm³/mol. The number of nitrogens with zero attached hydrogens (tertiary/aromatic N) is 1. The van der Waals surface area contributed by atoms with Crippen LogP contribution in [0.2, 0.25) is 0 Å². The standard InChI is InChI=1S/C13H18N2O2/c14-8-10-17-12-6-2-1-5-11(12)15-9-4-3-7-13(15)16/h1-2,5-6H,3-4,7-10,14H2. The molecule has 0 saturated carbocycles. The molecular formula is C13H18N2O2. The average Bonchev–Trinajstić information content (AvgIpc) is 2.37. The van der Waals surface area contributed by atoms with Crippen LogP contribution < -0.4 is 15.4 Å². The lowest BCUT2D eigenvalue weighted by atomic mass is 10.1. The molecule has 1 saturated heterocycles. The van der Waals surface area contributed by atoms with Gasteiger partial charge in [-0.2, -0.15) is 0 Å². The van der Waals surface area contributed by atoms with Crippen LogP contribution in [0, 0.1) is 0 Å². The Kier molecular flexibility index (Phi) is 3.98. The molecule has 1 amide bonds. The van der Waals surface area contributed by atoms with Crippen LogP contribution in [0.4, 0.5) is 5.69 Å². The number of hydrogen-bond acceptors (Lipinski definition) is 3. The Bertz CT molecular complexity index is 393. The zero-order valence-corrected chi connectivity index (χ0v) is 9.89. The largest absolute Gasteiger partial charge is 0.490 e. The first-order valence-corrected chi connectivity index (χ1v) is 6.05. The Balaban J connectivity index is 2.20.